The fourth-order valence-electron chi connectivity index (χ4n) is 2.30. The molecule has 0 bridgehead atoms. The topological polar surface area (TPSA) is 33.7 Å². The Bertz CT molecular complexity index is 467. The maximum atomic E-state index is 12.9. The van der Waals surface area contributed by atoms with E-state index in [2.05, 4.69) is 26.6 Å². The van der Waals surface area contributed by atoms with E-state index in [4.69, 9.17) is 0 Å². The monoisotopic (exact) mass is 256 g/mol. The Labute approximate surface area is 103 Å². The van der Waals surface area contributed by atoms with E-state index in [0.717, 1.165) is 25.3 Å². The summed E-state index contributed by atoms with van der Waals surface area (Å²) >= 11 is 0. The first-order valence-electron chi connectivity index (χ1n) is 5.92. The number of rotatable bonds is 1. The molecule has 1 aromatic carbocycles. The molecule has 1 fully saturated rings. The Hall–Kier alpha value is -1.56. The third-order valence-electron chi connectivity index (χ3n) is 3.12. The molecule has 98 valence electrons. The summed E-state index contributed by atoms with van der Waals surface area (Å²) in [5, 5.41) is 3.33. The molecule has 0 aromatic heterocycles. The summed E-state index contributed by atoms with van der Waals surface area (Å²) in [6.45, 7) is 4.66. The molecule has 1 aromatic rings. The first-order chi connectivity index (χ1) is 8.53. The fraction of sp³-hybridized carbons (Fsp3) is 0.500. The Morgan fingerprint density at radius 3 is 2.89 bits per heavy atom. The quantitative estimate of drug-likeness (QED) is 0.831. The lowest BCUT2D eigenvalue weighted by Gasteiger charge is -2.33. The fourth-order valence-corrected chi connectivity index (χ4v) is 2.30. The number of nitrogens with zero attached hydrogens (tertiary/aromatic N) is 1. The SMILES string of the molecule is C[C@@H]1CN(c2ccc3c(c2)OC(F)(F)O3)CCN1. The van der Waals surface area contributed by atoms with Crippen LogP contribution in [0.25, 0.3) is 0 Å². The molecule has 3 rings (SSSR count). The van der Waals surface area contributed by atoms with Crippen LogP contribution in [-0.2, 0) is 0 Å². The van der Waals surface area contributed by atoms with E-state index in [-0.39, 0.29) is 11.5 Å². The zero-order valence-corrected chi connectivity index (χ0v) is 9.95. The van der Waals surface area contributed by atoms with Gasteiger partial charge in [-0.2, -0.15) is 0 Å². The van der Waals surface area contributed by atoms with Crippen LogP contribution in [0.3, 0.4) is 0 Å². The Morgan fingerprint density at radius 2 is 2.11 bits per heavy atom. The lowest BCUT2D eigenvalue weighted by atomic mass is 10.2. The molecule has 2 heterocycles. The molecule has 2 aliphatic heterocycles. The number of alkyl halides is 2. The number of anilines is 1. The second kappa shape index (κ2) is 3.98. The van der Waals surface area contributed by atoms with Crippen molar-refractivity contribution in [2.45, 2.75) is 19.3 Å². The van der Waals surface area contributed by atoms with Crippen molar-refractivity contribution in [3.05, 3.63) is 18.2 Å². The summed E-state index contributed by atoms with van der Waals surface area (Å²) in [7, 11) is 0. The molecular weight excluding hydrogens is 242 g/mol. The highest BCUT2D eigenvalue weighted by atomic mass is 19.3. The molecule has 1 atom stereocenters. The van der Waals surface area contributed by atoms with Crippen molar-refractivity contribution in [2.75, 3.05) is 24.5 Å². The third kappa shape index (κ3) is 2.08. The van der Waals surface area contributed by atoms with Crippen molar-refractivity contribution < 1.29 is 18.3 Å². The van der Waals surface area contributed by atoms with E-state index in [1.807, 2.05) is 0 Å². The summed E-state index contributed by atoms with van der Waals surface area (Å²) in [6, 6.07) is 5.29. The number of halogens is 2. The summed E-state index contributed by atoms with van der Waals surface area (Å²) in [4.78, 5) is 2.14. The Balaban J connectivity index is 1.83. The predicted molar refractivity (Wildman–Crippen MR) is 62.3 cm³/mol. The van der Waals surface area contributed by atoms with Gasteiger partial charge in [0.05, 0.1) is 0 Å². The zero-order valence-electron chi connectivity index (χ0n) is 9.95. The summed E-state index contributed by atoms with van der Waals surface area (Å²) in [6.07, 6.45) is -3.54. The molecule has 0 unspecified atom stereocenters. The Morgan fingerprint density at radius 1 is 1.33 bits per heavy atom. The standard InChI is InChI=1S/C12H14F2N2O2/c1-8-7-16(5-4-15-8)9-2-3-10-11(6-9)18-12(13,14)17-10/h2-3,6,8,15H,4-5,7H2,1H3/t8-/m1/s1. The first kappa shape index (κ1) is 11.5. The predicted octanol–water partition coefficient (Wildman–Crippen LogP) is 1.81. The van der Waals surface area contributed by atoms with Crippen LogP contribution in [0.1, 0.15) is 6.92 Å². The number of ether oxygens (including phenoxy) is 2. The lowest BCUT2D eigenvalue weighted by Crippen LogP contribution is -2.49. The zero-order chi connectivity index (χ0) is 12.8. The maximum absolute atomic E-state index is 12.9. The second-order valence-corrected chi connectivity index (χ2v) is 4.60. The van der Waals surface area contributed by atoms with Gasteiger partial charge in [-0.25, -0.2) is 0 Å². The number of benzene rings is 1. The summed E-state index contributed by atoms with van der Waals surface area (Å²) in [5.41, 5.74) is 0.878. The van der Waals surface area contributed by atoms with Gasteiger partial charge in [-0.1, -0.05) is 0 Å². The molecule has 1 saturated heterocycles. The maximum Gasteiger partial charge on any atom is 0.586 e. The minimum absolute atomic E-state index is 0.0898. The largest absolute Gasteiger partial charge is 0.586 e. The van der Waals surface area contributed by atoms with Gasteiger partial charge in [0.15, 0.2) is 11.5 Å². The number of hydrogen-bond acceptors (Lipinski definition) is 4. The van der Waals surface area contributed by atoms with Gasteiger partial charge in [0.25, 0.3) is 0 Å². The van der Waals surface area contributed by atoms with Gasteiger partial charge in [-0.05, 0) is 19.1 Å². The Kier molecular flexibility index (Phi) is 2.55. The van der Waals surface area contributed by atoms with Gasteiger partial charge >= 0.3 is 6.29 Å². The average Bonchev–Trinajstić information content (AvgIpc) is 2.61. The van der Waals surface area contributed by atoms with Crippen molar-refractivity contribution >= 4 is 5.69 Å². The van der Waals surface area contributed by atoms with E-state index in [1.54, 1.807) is 12.1 Å². The minimum atomic E-state index is -3.54. The van der Waals surface area contributed by atoms with Crippen molar-refractivity contribution in [3.8, 4) is 11.5 Å². The normalized spacial score (nSPS) is 25.3. The van der Waals surface area contributed by atoms with Crippen LogP contribution in [0.2, 0.25) is 0 Å². The molecule has 4 nitrogen and oxygen atoms in total. The van der Waals surface area contributed by atoms with E-state index in [1.165, 1.54) is 6.07 Å². The van der Waals surface area contributed by atoms with Crippen molar-refractivity contribution in [1.29, 1.82) is 0 Å². The first-order valence-corrected chi connectivity index (χ1v) is 5.92. The van der Waals surface area contributed by atoms with Crippen LogP contribution in [0.5, 0.6) is 11.5 Å². The molecule has 2 aliphatic rings. The molecule has 0 aliphatic carbocycles. The van der Waals surface area contributed by atoms with Gasteiger partial charge in [0, 0.05) is 37.4 Å². The van der Waals surface area contributed by atoms with Crippen LogP contribution < -0.4 is 19.7 Å². The van der Waals surface area contributed by atoms with Crippen LogP contribution in [0, 0.1) is 0 Å². The summed E-state index contributed by atoms with van der Waals surface area (Å²) < 4.78 is 34.6. The van der Waals surface area contributed by atoms with Crippen molar-refractivity contribution in [2.24, 2.45) is 0 Å². The summed E-state index contributed by atoms with van der Waals surface area (Å²) in [5.74, 6) is 0.190. The molecule has 6 heteroatoms. The number of nitrogens with one attached hydrogen (secondary N) is 1. The number of piperazine rings is 1. The van der Waals surface area contributed by atoms with E-state index in [0.29, 0.717) is 6.04 Å². The molecule has 18 heavy (non-hydrogen) atoms. The van der Waals surface area contributed by atoms with Crippen LogP contribution >= 0.6 is 0 Å². The van der Waals surface area contributed by atoms with Gasteiger partial charge in [0.2, 0.25) is 0 Å². The molecule has 0 spiro atoms. The van der Waals surface area contributed by atoms with Crippen molar-refractivity contribution in [1.82, 2.24) is 5.32 Å². The molecule has 0 radical (unpaired) electrons. The van der Waals surface area contributed by atoms with Crippen LogP contribution in [0.15, 0.2) is 18.2 Å². The molecule has 1 N–H and O–H groups in total. The minimum Gasteiger partial charge on any atom is -0.395 e. The van der Waals surface area contributed by atoms with Gasteiger partial charge in [-0.15, -0.1) is 8.78 Å². The highest BCUT2D eigenvalue weighted by Gasteiger charge is 2.43. The lowest BCUT2D eigenvalue weighted by molar-refractivity contribution is -0.286. The van der Waals surface area contributed by atoms with E-state index >= 15 is 0 Å². The van der Waals surface area contributed by atoms with E-state index < -0.39 is 6.29 Å². The van der Waals surface area contributed by atoms with Gasteiger partial charge < -0.3 is 19.7 Å². The average molecular weight is 256 g/mol. The third-order valence-corrected chi connectivity index (χ3v) is 3.12. The molecule has 0 saturated carbocycles. The van der Waals surface area contributed by atoms with Crippen molar-refractivity contribution in [3.63, 3.8) is 0 Å². The smallest absolute Gasteiger partial charge is 0.395 e. The molecule has 0 amide bonds. The number of fused-ring (bicyclic) bond motifs is 1. The second-order valence-electron chi connectivity index (χ2n) is 4.60. The van der Waals surface area contributed by atoms with Gasteiger partial charge in [-0.3, -0.25) is 0 Å². The highest BCUT2D eigenvalue weighted by molar-refractivity contribution is 5.57. The number of hydrogen-bond donors (Lipinski definition) is 1. The van der Waals surface area contributed by atoms with Crippen LogP contribution in [-0.4, -0.2) is 32.0 Å². The highest BCUT2D eigenvalue weighted by Crippen LogP contribution is 2.42. The van der Waals surface area contributed by atoms with Crippen LogP contribution in [0.4, 0.5) is 14.5 Å². The molecular formula is C12H14F2N2O2. The van der Waals surface area contributed by atoms with E-state index in [9.17, 15) is 8.78 Å². The van der Waals surface area contributed by atoms with Gasteiger partial charge in [0.1, 0.15) is 0 Å².